The van der Waals surface area contributed by atoms with Crippen LogP contribution in [0.3, 0.4) is 0 Å². The molecule has 1 aliphatic heterocycles. The average molecular weight is 326 g/mol. The summed E-state index contributed by atoms with van der Waals surface area (Å²) in [6.45, 7) is 5.71. The van der Waals surface area contributed by atoms with Crippen LogP contribution < -0.4 is 11.1 Å². The van der Waals surface area contributed by atoms with Gasteiger partial charge >= 0.3 is 0 Å². The zero-order valence-electron chi connectivity index (χ0n) is 13.0. The Kier molecular flexibility index (Phi) is 24.0. The van der Waals surface area contributed by atoms with E-state index in [0.717, 1.165) is 25.2 Å². The molecule has 0 radical (unpaired) electrons. The number of nitrogens with zero attached hydrogens (tertiary/aromatic N) is 1. The van der Waals surface area contributed by atoms with Crippen LogP contribution >= 0.6 is 0 Å². The number of aliphatic imine (C=N–C) groups is 1. The minimum absolute atomic E-state index is 0. The number of rotatable bonds is 6. The van der Waals surface area contributed by atoms with Crippen molar-refractivity contribution >= 4 is 6.21 Å². The van der Waals surface area contributed by atoms with Gasteiger partial charge in [-0.25, -0.2) is 0 Å². The molecule has 0 aromatic carbocycles. The maximum Gasteiger partial charge on any atom is 0.0548 e. The molecule has 4 heteroatoms. The van der Waals surface area contributed by atoms with Crippen molar-refractivity contribution < 1.29 is 19.5 Å². The summed E-state index contributed by atoms with van der Waals surface area (Å²) in [6.07, 6.45) is 15.7. The van der Waals surface area contributed by atoms with Crippen LogP contribution in [0.1, 0.15) is 20.3 Å². The van der Waals surface area contributed by atoms with Crippen molar-refractivity contribution in [1.29, 1.82) is 0 Å². The maximum atomic E-state index is 5.20. The normalized spacial score (nSPS) is 12.2. The summed E-state index contributed by atoms with van der Waals surface area (Å²) in [5.74, 6) is 0. The first kappa shape index (κ1) is 23.9. The second kappa shape index (κ2) is 20.1. The summed E-state index contributed by atoms with van der Waals surface area (Å²) < 4.78 is 0. The smallest absolute Gasteiger partial charge is 0.0548 e. The second-order valence-electron chi connectivity index (χ2n) is 3.21. The van der Waals surface area contributed by atoms with Crippen LogP contribution in [-0.2, 0) is 19.5 Å². The van der Waals surface area contributed by atoms with Gasteiger partial charge in [-0.2, -0.15) is 0 Å². The Balaban J connectivity index is -0.000000689. The first-order chi connectivity index (χ1) is 8.93. The molecule has 20 heavy (non-hydrogen) atoms. The molecule has 0 saturated heterocycles. The molecule has 0 amide bonds. The van der Waals surface area contributed by atoms with Crippen molar-refractivity contribution in [1.82, 2.24) is 5.32 Å². The van der Waals surface area contributed by atoms with Gasteiger partial charge in [0.25, 0.3) is 0 Å². The van der Waals surface area contributed by atoms with Crippen molar-refractivity contribution in [2.24, 2.45) is 10.7 Å². The minimum atomic E-state index is 0. The molecule has 0 saturated carbocycles. The molecule has 0 atom stereocenters. The van der Waals surface area contributed by atoms with Crippen LogP contribution in [0.5, 0.6) is 0 Å². The van der Waals surface area contributed by atoms with Gasteiger partial charge in [0.05, 0.1) is 5.70 Å². The van der Waals surface area contributed by atoms with E-state index in [2.05, 4.69) is 22.1 Å². The van der Waals surface area contributed by atoms with E-state index < -0.39 is 0 Å². The van der Waals surface area contributed by atoms with Gasteiger partial charge in [-0.05, 0) is 43.5 Å². The van der Waals surface area contributed by atoms with Crippen LogP contribution in [0.4, 0.5) is 0 Å². The van der Waals surface area contributed by atoms with Gasteiger partial charge in [0.2, 0.25) is 0 Å². The first-order valence-electron chi connectivity index (χ1n) is 6.32. The van der Waals surface area contributed by atoms with Gasteiger partial charge in [0.15, 0.2) is 0 Å². The van der Waals surface area contributed by atoms with E-state index in [1.165, 1.54) is 6.20 Å². The molecule has 0 aromatic rings. The zero-order valence-corrected chi connectivity index (χ0v) is 15.9. The van der Waals surface area contributed by atoms with E-state index in [1.54, 1.807) is 12.3 Å². The van der Waals surface area contributed by atoms with Gasteiger partial charge in [-0.15, -0.1) is 5.73 Å². The molecule has 3 nitrogen and oxygen atoms in total. The third kappa shape index (κ3) is 14.9. The number of nitrogens with one attached hydrogen (secondary N) is 1. The molecule has 1 heterocycles. The largest absolute Gasteiger partial charge is 0.405 e. The SMILES string of the molecule is CC.N/C=C\C=C/CCNCC1=CC=C=CC=N1.[CH3-].[Zn]. The van der Waals surface area contributed by atoms with E-state index in [9.17, 15) is 0 Å². The van der Waals surface area contributed by atoms with Gasteiger partial charge < -0.3 is 18.5 Å². The fraction of sp³-hybridized carbons (Fsp3) is 0.312. The average Bonchev–Trinajstić information content (AvgIpc) is 2.69. The molecule has 0 aliphatic carbocycles. The summed E-state index contributed by atoms with van der Waals surface area (Å²) in [5.41, 5.74) is 9.19. The summed E-state index contributed by atoms with van der Waals surface area (Å²) in [4.78, 5) is 4.25. The Morgan fingerprint density at radius 1 is 1.30 bits per heavy atom. The van der Waals surface area contributed by atoms with E-state index >= 15 is 0 Å². The van der Waals surface area contributed by atoms with Gasteiger partial charge in [0, 0.05) is 32.2 Å². The third-order valence-electron chi connectivity index (χ3n) is 1.94. The van der Waals surface area contributed by atoms with Crippen molar-refractivity contribution in [2.45, 2.75) is 20.3 Å². The van der Waals surface area contributed by atoms with Crippen molar-refractivity contribution in [3.8, 4) is 0 Å². The first-order valence-corrected chi connectivity index (χ1v) is 6.32. The molecule has 108 valence electrons. The molecular formula is C16H26N3Zn-. The Morgan fingerprint density at radius 3 is 2.75 bits per heavy atom. The van der Waals surface area contributed by atoms with Gasteiger partial charge in [0.1, 0.15) is 0 Å². The summed E-state index contributed by atoms with van der Waals surface area (Å²) in [6, 6.07) is 0. The maximum absolute atomic E-state index is 5.20. The van der Waals surface area contributed by atoms with Gasteiger partial charge in [-0.3, -0.25) is 4.99 Å². The molecule has 1 aliphatic rings. The Hall–Kier alpha value is -1.21. The Labute approximate surface area is 136 Å². The molecule has 0 spiro atoms. The molecular weight excluding hydrogens is 300 g/mol. The quantitative estimate of drug-likeness (QED) is 0.259. The fourth-order valence-corrected chi connectivity index (χ4v) is 1.16. The Bertz CT molecular complexity index is 373. The predicted octanol–water partition coefficient (Wildman–Crippen LogP) is 3.15. The number of hydrogen-bond donors (Lipinski definition) is 2. The zero-order chi connectivity index (χ0) is 13.5. The molecule has 3 N–H and O–H groups in total. The van der Waals surface area contributed by atoms with Gasteiger partial charge in [-0.1, -0.05) is 26.0 Å². The van der Waals surface area contributed by atoms with Crippen LogP contribution in [0, 0.1) is 7.43 Å². The van der Waals surface area contributed by atoms with E-state index in [-0.39, 0.29) is 26.9 Å². The van der Waals surface area contributed by atoms with Crippen LogP contribution in [0.15, 0.2) is 59.1 Å². The molecule has 0 unspecified atom stereocenters. The van der Waals surface area contributed by atoms with Crippen molar-refractivity contribution in [3.05, 3.63) is 61.5 Å². The Morgan fingerprint density at radius 2 is 2.05 bits per heavy atom. The molecule has 0 fully saturated rings. The third-order valence-corrected chi connectivity index (χ3v) is 1.94. The predicted molar refractivity (Wildman–Crippen MR) is 86.9 cm³/mol. The molecule has 0 bridgehead atoms. The van der Waals surface area contributed by atoms with Crippen molar-refractivity contribution in [2.75, 3.05) is 13.1 Å². The van der Waals surface area contributed by atoms with Crippen molar-refractivity contribution in [3.63, 3.8) is 0 Å². The fourth-order valence-electron chi connectivity index (χ4n) is 1.16. The standard InChI is InChI=1S/C13H17N3.C2H6.CH3.Zn/c14-9-5-1-2-6-10-15-12-13-8-4-3-7-11-16-13;1-2;;/h1-2,4-5,7-9,11,15H,6,10,12,14H2;1-2H3;1H3;/q;;-1;/b2-1-,9-5-;;;. The van der Waals surface area contributed by atoms with Crippen LogP contribution in [0.25, 0.3) is 0 Å². The molecule has 1 rings (SSSR count). The summed E-state index contributed by atoms with van der Waals surface area (Å²) >= 11 is 0. The van der Waals surface area contributed by atoms with Crippen LogP contribution in [-0.4, -0.2) is 19.3 Å². The van der Waals surface area contributed by atoms with E-state index in [4.69, 9.17) is 5.73 Å². The number of allylic oxidation sites excluding steroid dienone is 4. The summed E-state index contributed by atoms with van der Waals surface area (Å²) in [5, 5.41) is 3.31. The monoisotopic (exact) mass is 324 g/mol. The molecule has 0 aromatic heterocycles. The van der Waals surface area contributed by atoms with E-state index in [1.807, 2.05) is 38.2 Å². The topological polar surface area (TPSA) is 50.4 Å². The number of nitrogens with two attached hydrogens (primary N) is 1. The number of hydrogen-bond acceptors (Lipinski definition) is 3. The van der Waals surface area contributed by atoms with E-state index in [0.29, 0.717) is 0 Å². The summed E-state index contributed by atoms with van der Waals surface area (Å²) in [7, 11) is 0. The van der Waals surface area contributed by atoms with Crippen LogP contribution in [0.2, 0.25) is 0 Å². The second-order valence-corrected chi connectivity index (χ2v) is 3.21. The minimum Gasteiger partial charge on any atom is -0.405 e.